The zero-order valence-corrected chi connectivity index (χ0v) is 10.8. The molecule has 106 valence electrons. The molecule has 1 fully saturated rings. The van der Waals surface area contributed by atoms with Crippen LogP contribution in [0.25, 0.3) is 0 Å². The number of aryl methyl sites for hydroxylation is 1. The van der Waals surface area contributed by atoms with E-state index in [0.717, 1.165) is 17.7 Å². The van der Waals surface area contributed by atoms with Crippen molar-refractivity contribution in [3.63, 3.8) is 0 Å². The van der Waals surface area contributed by atoms with Gasteiger partial charge in [-0.05, 0) is 37.1 Å². The van der Waals surface area contributed by atoms with Crippen LogP contribution in [-0.4, -0.2) is 25.1 Å². The van der Waals surface area contributed by atoms with Crippen molar-refractivity contribution in [3.8, 4) is 5.75 Å². The minimum absolute atomic E-state index is 0.172. The Labute approximate surface area is 109 Å². The molecule has 0 aliphatic carbocycles. The average Bonchev–Trinajstić information content (AvgIpc) is 2.28. The standard InChI is InChI=1S/C13H16F3NO2/c1-8-5-11(19-13(14,15)16)4-3-10(8)7-18-12-6-17-9(12)2/h3-5,9,12,17H,6-7H2,1-2H3. The van der Waals surface area contributed by atoms with Gasteiger partial charge in [-0.3, -0.25) is 0 Å². The number of alkyl halides is 3. The van der Waals surface area contributed by atoms with Crippen LogP contribution in [0.3, 0.4) is 0 Å². The molecule has 2 unspecified atom stereocenters. The molecule has 1 aromatic rings. The van der Waals surface area contributed by atoms with Gasteiger partial charge in [-0.25, -0.2) is 0 Å². The molecule has 19 heavy (non-hydrogen) atoms. The lowest BCUT2D eigenvalue weighted by atomic mass is 10.1. The number of halogens is 3. The van der Waals surface area contributed by atoms with Crippen LogP contribution in [0.5, 0.6) is 5.75 Å². The first kappa shape index (κ1) is 14.1. The molecule has 1 heterocycles. The summed E-state index contributed by atoms with van der Waals surface area (Å²) in [6.07, 6.45) is -4.48. The van der Waals surface area contributed by atoms with Crippen LogP contribution >= 0.6 is 0 Å². The van der Waals surface area contributed by atoms with E-state index in [-0.39, 0.29) is 11.9 Å². The molecule has 1 aromatic carbocycles. The van der Waals surface area contributed by atoms with Gasteiger partial charge < -0.3 is 14.8 Å². The van der Waals surface area contributed by atoms with Crippen LogP contribution in [0.2, 0.25) is 0 Å². The second-order valence-electron chi connectivity index (χ2n) is 4.68. The van der Waals surface area contributed by atoms with Crippen LogP contribution < -0.4 is 10.1 Å². The molecule has 1 aliphatic heterocycles. The summed E-state index contributed by atoms with van der Waals surface area (Å²) in [5, 5.41) is 3.17. The monoisotopic (exact) mass is 275 g/mol. The highest BCUT2D eigenvalue weighted by Gasteiger charge is 2.31. The maximum atomic E-state index is 12.1. The minimum atomic E-state index is -4.66. The average molecular weight is 275 g/mol. The van der Waals surface area contributed by atoms with Crippen molar-refractivity contribution >= 4 is 0 Å². The zero-order chi connectivity index (χ0) is 14.0. The molecular weight excluding hydrogens is 259 g/mol. The smallest absolute Gasteiger partial charge is 0.406 e. The van der Waals surface area contributed by atoms with Gasteiger partial charge in [0.1, 0.15) is 5.75 Å². The molecule has 3 nitrogen and oxygen atoms in total. The summed E-state index contributed by atoms with van der Waals surface area (Å²) in [5.41, 5.74) is 1.59. The summed E-state index contributed by atoms with van der Waals surface area (Å²) in [6.45, 7) is 4.98. The Bertz CT molecular complexity index is 448. The van der Waals surface area contributed by atoms with Crippen molar-refractivity contribution in [2.45, 2.75) is 39.0 Å². The quantitative estimate of drug-likeness (QED) is 0.916. The maximum Gasteiger partial charge on any atom is 0.573 e. The predicted octanol–water partition coefficient (Wildman–Crippen LogP) is 2.77. The number of ether oxygens (including phenoxy) is 2. The molecule has 0 amide bonds. The first-order chi connectivity index (χ1) is 8.85. The van der Waals surface area contributed by atoms with Crippen LogP contribution in [0.15, 0.2) is 18.2 Å². The summed E-state index contributed by atoms with van der Waals surface area (Å²) < 4.78 is 45.7. The molecule has 1 aliphatic rings. The van der Waals surface area contributed by atoms with Gasteiger partial charge in [-0.2, -0.15) is 0 Å². The van der Waals surface area contributed by atoms with Gasteiger partial charge >= 0.3 is 6.36 Å². The Morgan fingerprint density at radius 1 is 1.37 bits per heavy atom. The Hall–Kier alpha value is -1.27. The van der Waals surface area contributed by atoms with Gasteiger partial charge in [0.05, 0.1) is 12.7 Å². The normalized spacial score (nSPS) is 23.0. The summed E-state index contributed by atoms with van der Waals surface area (Å²) in [4.78, 5) is 0. The SMILES string of the molecule is Cc1cc(OC(F)(F)F)ccc1COC1CNC1C. The van der Waals surface area contributed by atoms with Crippen molar-refractivity contribution in [1.82, 2.24) is 5.32 Å². The lowest BCUT2D eigenvalue weighted by molar-refractivity contribution is -0.274. The van der Waals surface area contributed by atoms with Gasteiger partial charge in [-0.15, -0.1) is 13.2 Å². The van der Waals surface area contributed by atoms with Crippen molar-refractivity contribution in [3.05, 3.63) is 29.3 Å². The lowest BCUT2D eigenvalue weighted by Crippen LogP contribution is -2.56. The van der Waals surface area contributed by atoms with Gasteiger partial charge in [0, 0.05) is 12.6 Å². The fourth-order valence-electron chi connectivity index (χ4n) is 1.88. The van der Waals surface area contributed by atoms with Gasteiger partial charge in [-0.1, -0.05) is 6.07 Å². The van der Waals surface area contributed by atoms with Gasteiger partial charge in [0.2, 0.25) is 0 Å². The van der Waals surface area contributed by atoms with E-state index >= 15 is 0 Å². The highest BCUT2D eigenvalue weighted by molar-refractivity contribution is 5.34. The third kappa shape index (κ3) is 3.84. The van der Waals surface area contributed by atoms with Crippen molar-refractivity contribution < 1.29 is 22.6 Å². The van der Waals surface area contributed by atoms with E-state index in [1.165, 1.54) is 12.1 Å². The van der Waals surface area contributed by atoms with E-state index in [1.807, 2.05) is 6.92 Å². The number of hydrogen-bond acceptors (Lipinski definition) is 3. The second-order valence-corrected chi connectivity index (χ2v) is 4.68. The van der Waals surface area contributed by atoms with E-state index in [2.05, 4.69) is 10.1 Å². The van der Waals surface area contributed by atoms with E-state index in [4.69, 9.17) is 4.74 Å². The van der Waals surface area contributed by atoms with Crippen LogP contribution in [0.1, 0.15) is 18.1 Å². The number of rotatable bonds is 4. The highest BCUT2D eigenvalue weighted by atomic mass is 19.4. The van der Waals surface area contributed by atoms with Crippen LogP contribution in [0.4, 0.5) is 13.2 Å². The fourth-order valence-corrected chi connectivity index (χ4v) is 1.88. The molecule has 0 saturated carbocycles. The second kappa shape index (κ2) is 5.38. The maximum absolute atomic E-state index is 12.1. The number of benzene rings is 1. The van der Waals surface area contributed by atoms with Crippen LogP contribution in [0, 0.1) is 6.92 Å². The highest BCUT2D eigenvalue weighted by Crippen LogP contribution is 2.25. The van der Waals surface area contributed by atoms with Gasteiger partial charge in [0.15, 0.2) is 0 Å². The molecular formula is C13H16F3NO2. The Morgan fingerprint density at radius 2 is 2.11 bits per heavy atom. The Kier molecular flexibility index (Phi) is 4.01. The summed E-state index contributed by atoms with van der Waals surface area (Å²) in [7, 11) is 0. The van der Waals surface area contributed by atoms with Crippen molar-refractivity contribution in [1.29, 1.82) is 0 Å². The zero-order valence-electron chi connectivity index (χ0n) is 10.8. The largest absolute Gasteiger partial charge is 0.573 e. The Balaban J connectivity index is 1.95. The van der Waals surface area contributed by atoms with E-state index in [9.17, 15) is 13.2 Å². The summed E-state index contributed by atoms with van der Waals surface area (Å²) in [5.74, 6) is -0.201. The van der Waals surface area contributed by atoms with Gasteiger partial charge in [0.25, 0.3) is 0 Å². The molecule has 0 radical (unpaired) electrons. The van der Waals surface area contributed by atoms with E-state index in [0.29, 0.717) is 12.6 Å². The van der Waals surface area contributed by atoms with Crippen molar-refractivity contribution in [2.75, 3.05) is 6.54 Å². The minimum Gasteiger partial charge on any atom is -0.406 e. The molecule has 0 bridgehead atoms. The van der Waals surface area contributed by atoms with E-state index < -0.39 is 6.36 Å². The Morgan fingerprint density at radius 3 is 2.58 bits per heavy atom. The fraction of sp³-hybridized carbons (Fsp3) is 0.538. The number of hydrogen-bond donors (Lipinski definition) is 1. The number of nitrogens with one attached hydrogen (secondary N) is 1. The molecule has 0 spiro atoms. The summed E-state index contributed by atoms with van der Waals surface area (Å²) in [6, 6.07) is 4.61. The third-order valence-electron chi connectivity index (χ3n) is 3.20. The molecule has 2 rings (SSSR count). The first-order valence-corrected chi connectivity index (χ1v) is 6.05. The van der Waals surface area contributed by atoms with E-state index in [1.54, 1.807) is 13.0 Å². The molecule has 6 heteroatoms. The predicted molar refractivity (Wildman–Crippen MR) is 63.9 cm³/mol. The molecule has 0 aromatic heterocycles. The van der Waals surface area contributed by atoms with Crippen molar-refractivity contribution in [2.24, 2.45) is 0 Å². The third-order valence-corrected chi connectivity index (χ3v) is 3.20. The topological polar surface area (TPSA) is 30.5 Å². The van der Waals surface area contributed by atoms with Crippen LogP contribution in [-0.2, 0) is 11.3 Å². The molecule has 1 N–H and O–H groups in total. The molecule has 2 atom stereocenters. The lowest BCUT2D eigenvalue weighted by Gasteiger charge is -2.35. The first-order valence-electron chi connectivity index (χ1n) is 6.05. The summed E-state index contributed by atoms with van der Waals surface area (Å²) >= 11 is 0. The molecule has 1 saturated heterocycles.